The van der Waals surface area contributed by atoms with Crippen molar-refractivity contribution in [2.45, 2.75) is 46.6 Å². The molecule has 1 aliphatic heterocycles. The third-order valence-corrected chi connectivity index (χ3v) is 5.89. The Hall–Kier alpha value is -3.73. The zero-order valence-electron chi connectivity index (χ0n) is 19.6. The minimum Gasteiger partial charge on any atom is -0.352 e. The summed E-state index contributed by atoms with van der Waals surface area (Å²) in [5.41, 5.74) is 7.23. The van der Waals surface area contributed by atoms with Gasteiger partial charge in [0, 0.05) is 17.9 Å². The fourth-order valence-electron chi connectivity index (χ4n) is 4.27. The van der Waals surface area contributed by atoms with Gasteiger partial charge in [-0.15, -0.1) is 0 Å². The number of pyridine rings is 1. The molecule has 0 fully saturated rings. The van der Waals surface area contributed by atoms with E-state index in [-0.39, 0.29) is 6.04 Å². The number of rotatable bonds is 4. The monoisotopic (exact) mass is 435 g/mol. The van der Waals surface area contributed by atoms with Crippen LogP contribution in [-0.2, 0) is 0 Å². The average molecular weight is 436 g/mol. The number of nitrogens with one attached hydrogen (secondary N) is 1. The molecule has 0 spiro atoms. The van der Waals surface area contributed by atoms with Crippen molar-refractivity contribution in [3.63, 3.8) is 0 Å². The van der Waals surface area contributed by atoms with E-state index < -0.39 is 0 Å². The van der Waals surface area contributed by atoms with Gasteiger partial charge in [0.1, 0.15) is 0 Å². The SMILES string of the molecule is Cc1ccc(-n2c3cc(=NC(C)C)c(Nc4cccnc4C)cc-3nc3c2=CCCC=3)cc1. The Morgan fingerprint density at radius 3 is 2.52 bits per heavy atom. The summed E-state index contributed by atoms with van der Waals surface area (Å²) >= 11 is 0. The number of nitrogens with zero attached hydrogens (tertiary/aromatic N) is 4. The Labute approximate surface area is 194 Å². The standard InChI is InChI=1S/C28H29N5/c1-18(2)30-25-17-28-26(16-24(25)31-22-9-7-15-29-20(22)4)32-23-8-5-6-10-27(23)33(28)21-13-11-19(3)12-14-21/h7-18,31H,5-6H2,1-4H3. The molecule has 2 aromatic rings. The zero-order chi connectivity index (χ0) is 22.9. The molecule has 0 saturated heterocycles. The summed E-state index contributed by atoms with van der Waals surface area (Å²) < 4.78 is 2.32. The number of benzene rings is 2. The fourth-order valence-corrected chi connectivity index (χ4v) is 4.27. The predicted octanol–water partition coefficient (Wildman–Crippen LogP) is 4.40. The Kier molecular flexibility index (Phi) is 5.55. The van der Waals surface area contributed by atoms with Crippen LogP contribution in [0.15, 0.2) is 59.7 Å². The molecule has 0 radical (unpaired) electrons. The van der Waals surface area contributed by atoms with Crippen LogP contribution >= 0.6 is 0 Å². The summed E-state index contributed by atoms with van der Waals surface area (Å²) in [5, 5.41) is 6.66. The Balaban J connectivity index is 1.83. The maximum atomic E-state index is 5.06. The number of aryl methyl sites for hydroxylation is 2. The molecule has 5 rings (SSSR count). The third-order valence-electron chi connectivity index (χ3n) is 5.89. The lowest BCUT2D eigenvalue weighted by atomic mass is 10.1. The van der Waals surface area contributed by atoms with Crippen molar-refractivity contribution in [2.75, 3.05) is 5.32 Å². The van der Waals surface area contributed by atoms with E-state index in [9.17, 15) is 0 Å². The van der Waals surface area contributed by atoms with Crippen LogP contribution in [0.4, 0.5) is 11.4 Å². The molecule has 33 heavy (non-hydrogen) atoms. The minimum atomic E-state index is 0.163. The molecule has 1 N–H and O–H groups in total. The lowest BCUT2D eigenvalue weighted by Crippen LogP contribution is -2.40. The summed E-state index contributed by atoms with van der Waals surface area (Å²) in [7, 11) is 0. The Morgan fingerprint density at radius 2 is 1.76 bits per heavy atom. The van der Waals surface area contributed by atoms with Crippen molar-refractivity contribution >= 4 is 23.5 Å². The van der Waals surface area contributed by atoms with Crippen LogP contribution in [0.25, 0.3) is 29.2 Å². The fraction of sp³-hybridized carbons (Fsp3) is 0.250. The van der Waals surface area contributed by atoms with Crippen LogP contribution < -0.4 is 21.4 Å². The molecule has 166 valence electrons. The molecule has 0 unspecified atom stereocenters. The smallest absolute Gasteiger partial charge is 0.0900 e. The topological polar surface area (TPSA) is 55.1 Å². The summed E-state index contributed by atoms with van der Waals surface area (Å²) in [4.78, 5) is 14.4. The molecule has 2 heterocycles. The van der Waals surface area contributed by atoms with Gasteiger partial charge in [0.15, 0.2) is 0 Å². The largest absolute Gasteiger partial charge is 0.352 e. The van der Waals surface area contributed by atoms with Gasteiger partial charge in [0.05, 0.1) is 44.5 Å². The molecular formula is C28H29N5. The quantitative estimate of drug-likeness (QED) is 0.517. The first-order valence-corrected chi connectivity index (χ1v) is 11.6. The molecule has 1 aromatic carbocycles. The lowest BCUT2D eigenvalue weighted by Gasteiger charge is -2.20. The molecule has 2 aliphatic carbocycles. The Morgan fingerprint density at radius 1 is 0.970 bits per heavy atom. The van der Waals surface area contributed by atoms with Gasteiger partial charge in [-0.25, -0.2) is 4.98 Å². The molecule has 0 amide bonds. The van der Waals surface area contributed by atoms with Crippen molar-refractivity contribution in [1.29, 1.82) is 0 Å². The average Bonchev–Trinajstić information content (AvgIpc) is 2.80. The number of fused-ring (bicyclic) bond motifs is 2. The van der Waals surface area contributed by atoms with Crippen LogP contribution in [0.2, 0.25) is 0 Å². The predicted molar refractivity (Wildman–Crippen MR) is 135 cm³/mol. The van der Waals surface area contributed by atoms with Crippen LogP contribution in [-0.4, -0.2) is 20.6 Å². The van der Waals surface area contributed by atoms with Gasteiger partial charge in [0.2, 0.25) is 0 Å². The normalized spacial score (nSPS) is 13.5. The molecular weight excluding hydrogens is 406 g/mol. The van der Waals surface area contributed by atoms with E-state index in [1.165, 1.54) is 5.56 Å². The molecule has 0 bridgehead atoms. The highest BCUT2D eigenvalue weighted by Gasteiger charge is 2.16. The Bertz CT molecular complexity index is 1480. The van der Waals surface area contributed by atoms with Gasteiger partial charge < -0.3 is 9.88 Å². The molecule has 5 heteroatoms. The van der Waals surface area contributed by atoms with Gasteiger partial charge >= 0.3 is 0 Å². The van der Waals surface area contributed by atoms with Gasteiger partial charge in [-0.1, -0.05) is 29.8 Å². The first kappa shape index (κ1) is 21.1. The van der Waals surface area contributed by atoms with Crippen molar-refractivity contribution in [3.8, 4) is 17.1 Å². The van der Waals surface area contributed by atoms with Crippen molar-refractivity contribution in [1.82, 2.24) is 14.5 Å². The van der Waals surface area contributed by atoms with E-state index in [0.29, 0.717) is 0 Å². The number of aromatic nitrogens is 3. The van der Waals surface area contributed by atoms with Gasteiger partial charge in [-0.2, -0.15) is 0 Å². The van der Waals surface area contributed by atoms with E-state index in [4.69, 9.17) is 9.98 Å². The second kappa shape index (κ2) is 8.66. The van der Waals surface area contributed by atoms with Crippen molar-refractivity contribution in [3.05, 3.63) is 82.0 Å². The maximum absolute atomic E-state index is 5.06. The molecule has 3 aliphatic rings. The first-order chi connectivity index (χ1) is 16.0. The van der Waals surface area contributed by atoms with Crippen LogP contribution in [0.3, 0.4) is 0 Å². The van der Waals surface area contributed by atoms with Crippen LogP contribution in [0, 0.1) is 13.8 Å². The minimum absolute atomic E-state index is 0.163. The zero-order valence-corrected chi connectivity index (χ0v) is 19.6. The maximum Gasteiger partial charge on any atom is 0.0900 e. The number of anilines is 2. The summed E-state index contributed by atoms with van der Waals surface area (Å²) in [5.74, 6) is 0. The van der Waals surface area contributed by atoms with E-state index in [0.717, 1.165) is 63.0 Å². The van der Waals surface area contributed by atoms with E-state index in [1.807, 2.05) is 25.3 Å². The van der Waals surface area contributed by atoms with Gasteiger partial charge in [-0.05, 0) is 76.9 Å². The first-order valence-electron chi connectivity index (χ1n) is 11.6. The number of hydrogen-bond donors (Lipinski definition) is 1. The highest BCUT2D eigenvalue weighted by Crippen LogP contribution is 2.24. The van der Waals surface area contributed by atoms with E-state index in [2.05, 4.69) is 84.2 Å². The summed E-state index contributed by atoms with van der Waals surface area (Å²) in [6.07, 6.45) is 8.39. The molecule has 0 saturated carbocycles. The molecule has 0 atom stereocenters. The van der Waals surface area contributed by atoms with E-state index >= 15 is 0 Å². The lowest BCUT2D eigenvalue weighted by molar-refractivity contribution is 0.804. The summed E-state index contributed by atoms with van der Waals surface area (Å²) in [6, 6.07) is 17.1. The summed E-state index contributed by atoms with van der Waals surface area (Å²) in [6.45, 7) is 8.33. The van der Waals surface area contributed by atoms with Crippen molar-refractivity contribution in [2.24, 2.45) is 4.99 Å². The molecule has 5 nitrogen and oxygen atoms in total. The highest BCUT2D eigenvalue weighted by molar-refractivity contribution is 5.71. The van der Waals surface area contributed by atoms with Crippen molar-refractivity contribution < 1.29 is 0 Å². The second-order valence-corrected chi connectivity index (χ2v) is 8.88. The highest BCUT2D eigenvalue weighted by atomic mass is 15.0. The van der Waals surface area contributed by atoms with Crippen LogP contribution in [0.5, 0.6) is 0 Å². The number of hydrogen-bond acceptors (Lipinski definition) is 4. The second-order valence-electron chi connectivity index (χ2n) is 8.88. The third kappa shape index (κ3) is 4.19. The van der Waals surface area contributed by atoms with E-state index in [1.54, 1.807) is 0 Å². The molecule has 1 aromatic heterocycles. The van der Waals surface area contributed by atoms with Gasteiger partial charge in [0.25, 0.3) is 0 Å². The van der Waals surface area contributed by atoms with Gasteiger partial charge in [-0.3, -0.25) is 9.98 Å². The van der Waals surface area contributed by atoms with Crippen LogP contribution in [0.1, 0.15) is 37.9 Å².